The molecular weight excluding hydrogens is 346 g/mol. The predicted octanol–water partition coefficient (Wildman–Crippen LogP) is 2.88. The Hall–Kier alpha value is -2.25. The number of carbonyl (C=O) groups excluding carboxylic acids is 1. The van der Waals surface area contributed by atoms with Gasteiger partial charge in [-0.05, 0) is 30.9 Å². The number of carbonyl (C=O) groups is 1. The number of nitrogens with zero attached hydrogens (tertiary/aromatic N) is 4. The summed E-state index contributed by atoms with van der Waals surface area (Å²) in [6.07, 6.45) is 7.07. The maximum Gasteiger partial charge on any atom is 0.274 e. The number of likely N-dealkylation sites (tertiary alicyclic amines) is 1. The van der Waals surface area contributed by atoms with Crippen molar-refractivity contribution in [1.82, 2.24) is 24.6 Å². The van der Waals surface area contributed by atoms with E-state index in [1.165, 1.54) is 5.56 Å². The molecule has 0 spiro atoms. The maximum absolute atomic E-state index is 12.9. The van der Waals surface area contributed by atoms with Crippen molar-refractivity contribution in [3.63, 3.8) is 0 Å². The molecule has 4 heterocycles. The van der Waals surface area contributed by atoms with Crippen LogP contribution in [0.2, 0.25) is 0 Å². The summed E-state index contributed by atoms with van der Waals surface area (Å²) in [4.78, 5) is 24.7. The highest BCUT2D eigenvalue weighted by atomic mass is 32.1. The molecule has 0 saturated carbocycles. The van der Waals surface area contributed by atoms with Gasteiger partial charge in [0.2, 0.25) is 0 Å². The number of amides is 1. The Labute approximate surface area is 156 Å². The van der Waals surface area contributed by atoms with Crippen LogP contribution in [0.1, 0.15) is 47.2 Å². The van der Waals surface area contributed by atoms with Gasteiger partial charge in [0.1, 0.15) is 0 Å². The summed E-state index contributed by atoms with van der Waals surface area (Å²) in [6, 6.07) is 4.17. The Morgan fingerprint density at radius 1 is 1.27 bits per heavy atom. The first-order chi connectivity index (χ1) is 12.8. The first-order valence-electron chi connectivity index (χ1n) is 9.14. The van der Waals surface area contributed by atoms with E-state index in [9.17, 15) is 4.79 Å². The first-order valence-corrected chi connectivity index (χ1v) is 10.0. The summed E-state index contributed by atoms with van der Waals surface area (Å²) in [7, 11) is 0. The molecule has 6 nitrogen and oxygen atoms in total. The van der Waals surface area contributed by atoms with Gasteiger partial charge in [0.15, 0.2) is 10.7 Å². The topological polar surface area (TPSA) is 62.5 Å². The second-order valence-electron chi connectivity index (χ2n) is 6.58. The third-order valence-corrected chi connectivity index (χ3v) is 5.61. The van der Waals surface area contributed by atoms with Crippen LogP contribution in [0.25, 0.3) is 4.96 Å². The van der Waals surface area contributed by atoms with Gasteiger partial charge in [-0.1, -0.05) is 13.0 Å². The molecule has 0 aliphatic carbocycles. The summed E-state index contributed by atoms with van der Waals surface area (Å²) >= 11 is 1.56. The molecule has 1 amide bonds. The van der Waals surface area contributed by atoms with E-state index < -0.39 is 0 Å². The molecule has 4 rings (SSSR count). The van der Waals surface area contributed by atoms with Crippen molar-refractivity contribution in [2.75, 3.05) is 13.1 Å². The smallest absolute Gasteiger partial charge is 0.274 e. The van der Waals surface area contributed by atoms with E-state index in [4.69, 9.17) is 0 Å². The fraction of sp³-hybridized carbons (Fsp3) is 0.421. The number of imidazole rings is 1. The Bertz CT molecular complexity index is 892. The molecule has 7 heteroatoms. The van der Waals surface area contributed by atoms with Gasteiger partial charge >= 0.3 is 0 Å². The van der Waals surface area contributed by atoms with E-state index in [2.05, 4.69) is 34.3 Å². The predicted molar refractivity (Wildman–Crippen MR) is 102 cm³/mol. The zero-order chi connectivity index (χ0) is 17.9. The number of hydrogen-bond acceptors (Lipinski definition) is 5. The number of nitrogens with one attached hydrogen (secondary N) is 1. The maximum atomic E-state index is 12.9. The van der Waals surface area contributed by atoms with Crippen molar-refractivity contribution in [1.29, 1.82) is 0 Å². The number of hydrogen-bond donors (Lipinski definition) is 1. The van der Waals surface area contributed by atoms with Crippen molar-refractivity contribution in [3.8, 4) is 0 Å². The van der Waals surface area contributed by atoms with E-state index in [0.717, 1.165) is 48.7 Å². The van der Waals surface area contributed by atoms with Crippen LogP contribution in [0.4, 0.5) is 0 Å². The highest BCUT2D eigenvalue weighted by Gasteiger charge is 2.26. The van der Waals surface area contributed by atoms with Crippen LogP contribution in [-0.2, 0) is 19.5 Å². The van der Waals surface area contributed by atoms with Gasteiger partial charge in [0.25, 0.3) is 5.91 Å². The number of pyridine rings is 1. The molecule has 3 aromatic heterocycles. The lowest BCUT2D eigenvalue weighted by molar-refractivity contribution is 0.0786. The fourth-order valence-corrected chi connectivity index (χ4v) is 4.05. The van der Waals surface area contributed by atoms with Crippen molar-refractivity contribution >= 4 is 22.2 Å². The minimum atomic E-state index is 0.0561. The summed E-state index contributed by atoms with van der Waals surface area (Å²) in [5, 5.41) is 5.42. The summed E-state index contributed by atoms with van der Waals surface area (Å²) in [5.41, 5.74) is 3.76. The second-order valence-corrected chi connectivity index (χ2v) is 7.45. The second kappa shape index (κ2) is 7.55. The Morgan fingerprint density at radius 3 is 2.85 bits per heavy atom. The molecule has 1 N–H and O–H groups in total. The lowest BCUT2D eigenvalue weighted by Gasteiger charge is -2.15. The molecule has 26 heavy (non-hydrogen) atoms. The van der Waals surface area contributed by atoms with Gasteiger partial charge in [-0.3, -0.25) is 14.2 Å². The van der Waals surface area contributed by atoms with Crippen molar-refractivity contribution in [2.45, 2.75) is 39.3 Å². The van der Waals surface area contributed by atoms with Crippen LogP contribution in [0.5, 0.6) is 0 Å². The molecule has 1 fully saturated rings. The molecule has 0 aromatic carbocycles. The van der Waals surface area contributed by atoms with Gasteiger partial charge in [-0.25, -0.2) is 4.98 Å². The number of rotatable bonds is 6. The van der Waals surface area contributed by atoms with Gasteiger partial charge in [0, 0.05) is 44.0 Å². The molecule has 1 aliphatic rings. The lowest BCUT2D eigenvalue weighted by atomic mass is 10.2. The van der Waals surface area contributed by atoms with Crippen molar-refractivity contribution < 1.29 is 4.79 Å². The molecule has 0 unspecified atom stereocenters. The SMILES string of the molecule is CCc1ccc(CNCc2c(C(=O)N3CCCC3)nc3sccn23)nc1. The zero-order valence-corrected chi connectivity index (χ0v) is 15.8. The van der Waals surface area contributed by atoms with Gasteiger partial charge in [-0.15, -0.1) is 11.3 Å². The highest BCUT2D eigenvalue weighted by molar-refractivity contribution is 7.15. The Balaban J connectivity index is 1.50. The number of aromatic nitrogens is 3. The van der Waals surface area contributed by atoms with Crippen molar-refractivity contribution in [3.05, 3.63) is 52.6 Å². The summed E-state index contributed by atoms with van der Waals surface area (Å²) in [6.45, 7) is 5.05. The summed E-state index contributed by atoms with van der Waals surface area (Å²) < 4.78 is 2.02. The van der Waals surface area contributed by atoms with Crippen LogP contribution < -0.4 is 5.32 Å². The van der Waals surface area contributed by atoms with Crippen LogP contribution >= 0.6 is 11.3 Å². The minimum Gasteiger partial charge on any atom is -0.337 e. The number of fused-ring (bicyclic) bond motifs is 1. The van der Waals surface area contributed by atoms with Crippen LogP contribution in [0.15, 0.2) is 29.9 Å². The van der Waals surface area contributed by atoms with E-state index >= 15 is 0 Å². The molecule has 0 atom stereocenters. The molecule has 3 aromatic rings. The quantitative estimate of drug-likeness (QED) is 0.726. The number of aryl methyl sites for hydroxylation is 1. The van der Waals surface area contributed by atoms with Gasteiger partial charge in [0.05, 0.1) is 11.4 Å². The van der Waals surface area contributed by atoms with Crippen LogP contribution in [0.3, 0.4) is 0 Å². The third kappa shape index (κ3) is 3.37. The van der Waals surface area contributed by atoms with E-state index in [0.29, 0.717) is 18.8 Å². The van der Waals surface area contributed by atoms with E-state index in [1.54, 1.807) is 11.3 Å². The molecule has 0 radical (unpaired) electrons. The molecule has 136 valence electrons. The first kappa shape index (κ1) is 17.2. The van der Waals surface area contributed by atoms with E-state index in [1.807, 2.05) is 27.1 Å². The lowest BCUT2D eigenvalue weighted by Crippen LogP contribution is -2.29. The molecule has 0 bridgehead atoms. The van der Waals surface area contributed by atoms with Gasteiger partial charge in [-0.2, -0.15) is 0 Å². The van der Waals surface area contributed by atoms with E-state index in [-0.39, 0.29) is 5.91 Å². The average Bonchev–Trinajstić information content (AvgIpc) is 3.40. The van der Waals surface area contributed by atoms with Crippen LogP contribution in [0, 0.1) is 0 Å². The highest BCUT2D eigenvalue weighted by Crippen LogP contribution is 2.21. The van der Waals surface area contributed by atoms with Gasteiger partial charge < -0.3 is 10.2 Å². The molecule has 1 saturated heterocycles. The standard InChI is InChI=1S/C19H23N5OS/c1-2-14-5-6-15(21-11-14)12-20-13-16-17(18(25)23-7-3-4-8-23)22-19-24(16)9-10-26-19/h5-6,9-11,20H,2-4,7-8,12-13H2,1H3. The average molecular weight is 369 g/mol. The Kier molecular flexibility index (Phi) is 4.99. The number of thiazole rings is 1. The molecular formula is C19H23N5OS. The molecule has 1 aliphatic heterocycles. The fourth-order valence-electron chi connectivity index (χ4n) is 3.32. The summed E-state index contributed by atoms with van der Waals surface area (Å²) in [5.74, 6) is 0.0561. The zero-order valence-electron chi connectivity index (χ0n) is 14.9. The third-order valence-electron chi connectivity index (χ3n) is 4.85. The minimum absolute atomic E-state index is 0.0561. The van der Waals surface area contributed by atoms with Crippen LogP contribution in [-0.4, -0.2) is 38.3 Å². The normalized spacial score (nSPS) is 14.4. The monoisotopic (exact) mass is 369 g/mol. The largest absolute Gasteiger partial charge is 0.337 e. The Morgan fingerprint density at radius 2 is 2.12 bits per heavy atom. The van der Waals surface area contributed by atoms with Crippen molar-refractivity contribution in [2.24, 2.45) is 0 Å².